The Morgan fingerprint density at radius 1 is 1.19 bits per heavy atom. The predicted octanol–water partition coefficient (Wildman–Crippen LogP) is 3.18. The van der Waals surface area contributed by atoms with Crippen LogP contribution in [0, 0.1) is 5.82 Å². The minimum atomic E-state index is -0.449. The molecule has 8 heteroatoms. The summed E-state index contributed by atoms with van der Waals surface area (Å²) < 4.78 is 16.7. The van der Waals surface area contributed by atoms with Crippen molar-refractivity contribution in [1.29, 1.82) is 0 Å². The molecule has 2 heterocycles. The zero-order chi connectivity index (χ0) is 19.4. The van der Waals surface area contributed by atoms with Gasteiger partial charge in [0.15, 0.2) is 5.69 Å². The van der Waals surface area contributed by atoms with Gasteiger partial charge in [0.1, 0.15) is 11.6 Å². The van der Waals surface area contributed by atoms with Gasteiger partial charge in [-0.25, -0.2) is 19.2 Å². The summed E-state index contributed by atoms with van der Waals surface area (Å²) in [7, 11) is 5.08. The van der Waals surface area contributed by atoms with Crippen LogP contribution in [0.25, 0.3) is 0 Å². The lowest BCUT2D eigenvalue weighted by atomic mass is 10.4. The van der Waals surface area contributed by atoms with E-state index in [2.05, 4.69) is 24.9 Å². The van der Waals surface area contributed by atoms with E-state index in [1.165, 1.54) is 38.3 Å². The Labute approximate surface area is 158 Å². The van der Waals surface area contributed by atoms with E-state index < -0.39 is 5.97 Å². The number of anilines is 1. The molecule has 0 unspecified atom stereocenters. The highest BCUT2D eigenvalue weighted by molar-refractivity contribution is 6.30. The Bertz CT molecular complexity index is 643. The third-order valence-corrected chi connectivity index (χ3v) is 3.59. The van der Waals surface area contributed by atoms with Crippen LogP contribution in [0.5, 0.6) is 0 Å². The highest BCUT2D eigenvalue weighted by Crippen LogP contribution is 2.16. The number of ether oxygens (including phenoxy) is 1. The standard InChI is InChI=1S/C10H13N3O2.C6H4ClF.C2H7N/c1-15-10(14)8-6-12-9(7-11-8)13-4-2-3-5-13;7-5-3-1-2-4-6(5)8;1-3-2/h6-7H,2-5H2,1H3;1-4H;3H,1-2H3. The molecule has 1 aromatic carbocycles. The van der Waals surface area contributed by atoms with Crippen molar-refractivity contribution < 1.29 is 13.9 Å². The summed E-state index contributed by atoms with van der Waals surface area (Å²) in [6.45, 7) is 2.04. The first-order valence-corrected chi connectivity index (χ1v) is 8.55. The van der Waals surface area contributed by atoms with Crippen molar-refractivity contribution in [3.63, 3.8) is 0 Å². The van der Waals surface area contributed by atoms with Gasteiger partial charge >= 0.3 is 5.97 Å². The minimum Gasteiger partial charge on any atom is -0.464 e. The molecule has 1 saturated heterocycles. The average molecular weight is 383 g/mol. The molecule has 2 aromatic rings. The number of hydrogen-bond donors (Lipinski definition) is 1. The number of halogens is 2. The molecule has 0 radical (unpaired) electrons. The van der Waals surface area contributed by atoms with Crippen molar-refractivity contribution >= 4 is 23.4 Å². The van der Waals surface area contributed by atoms with Crippen molar-refractivity contribution in [3.8, 4) is 0 Å². The van der Waals surface area contributed by atoms with Gasteiger partial charge < -0.3 is 15.0 Å². The van der Waals surface area contributed by atoms with Crippen LogP contribution in [0.15, 0.2) is 36.7 Å². The van der Waals surface area contributed by atoms with E-state index in [4.69, 9.17) is 11.6 Å². The third-order valence-electron chi connectivity index (χ3n) is 3.29. The SMILES string of the molecule is CNC.COC(=O)c1cnc(N2CCCC2)cn1.Fc1ccccc1Cl. The Kier molecular flexibility index (Phi) is 10.2. The lowest BCUT2D eigenvalue weighted by molar-refractivity contribution is 0.0593. The van der Waals surface area contributed by atoms with E-state index in [9.17, 15) is 9.18 Å². The van der Waals surface area contributed by atoms with Crippen molar-refractivity contribution in [2.45, 2.75) is 12.8 Å². The molecule has 1 aliphatic rings. The van der Waals surface area contributed by atoms with Gasteiger partial charge in [0, 0.05) is 13.1 Å². The van der Waals surface area contributed by atoms with Crippen LogP contribution in [-0.4, -0.2) is 50.2 Å². The number of carbonyl (C=O) groups is 1. The summed E-state index contributed by atoms with van der Waals surface area (Å²) >= 11 is 5.33. The highest BCUT2D eigenvalue weighted by atomic mass is 35.5. The van der Waals surface area contributed by atoms with Crippen LogP contribution in [0.1, 0.15) is 23.3 Å². The first-order valence-electron chi connectivity index (χ1n) is 8.17. The first kappa shape index (κ1) is 21.8. The molecule has 1 aromatic heterocycles. The van der Waals surface area contributed by atoms with Crippen LogP contribution in [-0.2, 0) is 4.74 Å². The van der Waals surface area contributed by atoms with Crippen LogP contribution in [0.2, 0.25) is 5.02 Å². The zero-order valence-electron chi connectivity index (χ0n) is 15.2. The maximum Gasteiger partial charge on any atom is 0.358 e. The number of methoxy groups -OCH3 is 1. The summed E-state index contributed by atoms with van der Waals surface area (Å²) in [6, 6.07) is 6.12. The number of aromatic nitrogens is 2. The molecule has 0 atom stereocenters. The normalized spacial score (nSPS) is 12.4. The Hall–Kier alpha value is -2.25. The fraction of sp³-hybridized carbons (Fsp3) is 0.389. The molecule has 0 amide bonds. The van der Waals surface area contributed by atoms with Gasteiger partial charge in [0.25, 0.3) is 0 Å². The van der Waals surface area contributed by atoms with Crippen molar-refractivity contribution in [2.75, 3.05) is 39.2 Å². The molecule has 0 saturated carbocycles. The van der Waals surface area contributed by atoms with E-state index in [0.717, 1.165) is 18.9 Å². The smallest absolute Gasteiger partial charge is 0.358 e. The summed E-state index contributed by atoms with van der Waals surface area (Å²) in [4.78, 5) is 21.5. The van der Waals surface area contributed by atoms with Crippen LogP contribution >= 0.6 is 11.6 Å². The molecule has 1 aliphatic heterocycles. The third kappa shape index (κ3) is 7.33. The minimum absolute atomic E-state index is 0.174. The number of hydrogen-bond acceptors (Lipinski definition) is 6. The Morgan fingerprint density at radius 2 is 1.81 bits per heavy atom. The molecule has 6 nitrogen and oxygen atoms in total. The van der Waals surface area contributed by atoms with Crippen LogP contribution < -0.4 is 10.2 Å². The van der Waals surface area contributed by atoms with Gasteiger partial charge in [-0.05, 0) is 39.1 Å². The lowest BCUT2D eigenvalue weighted by Gasteiger charge is -2.15. The van der Waals surface area contributed by atoms with Gasteiger partial charge in [-0.15, -0.1) is 0 Å². The van der Waals surface area contributed by atoms with E-state index in [1.807, 2.05) is 14.1 Å². The molecule has 1 fully saturated rings. The number of nitrogens with zero attached hydrogens (tertiary/aromatic N) is 3. The van der Waals surface area contributed by atoms with E-state index in [0.29, 0.717) is 0 Å². The van der Waals surface area contributed by atoms with E-state index in [-0.39, 0.29) is 16.5 Å². The molecule has 3 rings (SSSR count). The second kappa shape index (κ2) is 12.2. The molecule has 1 N–H and O–H groups in total. The molecular formula is C18H24ClFN4O2. The number of benzene rings is 1. The summed E-state index contributed by atoms with van der Waals surface area (Å²) in [5.41, 5.74) is 0.250. The maximum atomic E-state index is 12.2. The van der Waals surface area contributed by atoms with Crippen molar-refractivity contribution in [1.82, 2.24) is 15.3 Å². The van der Waals surface area contributed by atoms with Gasteiger partial charge in [0.2, 0.25) is 0 Å². The number of carbonyl (C=O) groups excluding carboxylic acids is 1. The molecule has 142 valence electrons. The van der Waals surface area contributed by atoms with E-state index >= 15 is 0 Å². The molecule has 26 heavy (non-hydrogen) atoms. The largest absolute Gasteiger partial charge is 0.464 e. The summed E-state index contributed by atoms with van der Waals surface area (Å²) in [6.07, 6.45) is 5.47. The lowest BCUT2D eigenvalue weighted by Crippen LogP contribution is -2.19. The molecular weight excluding hydrogens is 359 g/mol. The number of nitrogens with one attached hydrogen (secondary N) is 1. The fourth-order valence-electron chi connectivity index (χ4n) is 2.08. The second-order valence-corrected chi connectivity index (χ2v) is 5.77. The zero-order valence-corrected chi connectivity index (χ0v) is 16.0. The summed E-state index contributed by atoms with van der Waals surface area (Å²) in [5, 5.41) is 2.92. The quantitative estimate of drug-likeness (QED) is 0.804. The van der Waals surface area contributed by atoms with E-state index in [1.54, 1.807) is 18.3 Å². The number of esters is 1. The molecule has 0 aliphatic carbocycles. The molecule has 0 bridgehead atoms. The number of rotatable bonds is 2. The topological polar surface area (TPSA) is 67.3 Å². The Morgan fingerprint density at radius 3 is 2.23 bits per heavy atom. The maximum absolute atomic E-state index is 12.2. The average Bonchev–Trinajstić information content (AvgIpc) is 3.20. The first-order chi connectivity index (χ1) is 12.5. The van der Waals surface area contributed by atoms with Gasteiger partial charge in [-0.2, -0.15) is 0 Å². The summed E-state index contributed by atoms with van der Waals surface area (Å²) in [5.74, 6) is 0.0183. The van der Waals surface area contributed by atoms with Crippen LogP contribution in [0.4, 0.5) is 10.2 Å². The van der Waals surface area contributed by atoms with Crippen molar-refractivity contribution in [3.05, 3.63) is 53.2 Å². The van der Waals surface area contributed by atoms with Crippen molar-refractivity contribution in [2.24, 2.45) is 0 Å². The fourth-order valence-corrected chi connectivity index (χ4v) is 2.22. The van der Waals surface area contributed by atoms with Gasteiger partial charge in [-0.1, -0.05) is 23.7 Å². The van der Waals surface area contributed by atoms with Gasteiger partial charge in [0.05, 0.1) is 24.5 Å². The highest BCUT2D eigenvalue weighted by Gasteiger charge is 2.15. The predicted molar refractivity (Wildman–Crippen MR) is 101 cm³/mol. The molecule has 0 spiro atoms. The van der Waals surface area contributed by atoms with Crippen LogP contribution in [0.3, 0.4) is 0 Å². The Balaban J connectivity index is 0.000000258. The van der Waals surface area contributed by atoms with Gasteiger partial charge in [-0.3, -0.25) is 0 Å². The monoisotopic (exact) mass is 382 g/mol. The second-order valence-electron chi connectivity index (χ2n) is 5.36.